The maximum absolute atomic E-state index is 13.4. The summed E-state index contributed by atoms with van der Waals surface area (Å²) in [6.45, 7) is 4.07. The van der Waals surface area contributed by atoms with Gasteiger partial charge in [0.2, 0.25) is 0 Å². The van der Waals surface area contributed by atoms with Crippen molar-refractivity contribution < 1.29 is 49.0 Å². The molecule has 0 aromatic heterocycles. The van der Waals surface area contributed by atoms with E-state index in [1.807, 2.05) is 62.4 Å². The number of nitrogens with one attached hydrogen (secondary N) is 2. The molecule has 0 fully saturated rings. The average Bonchev–Trinajstić information content (AvgIpc) is 3.19. The van der Waals surface area contributed by atoms with Crippen LogP contribution in [0.2, 0.25) is 0 Å². The van der Waals surface area contributed by atoms with Crippen molar-refractivity contribution >= 4 is 11.9 Å². The number of carbonyl (C=O) groups is 2. The largest absolute Gasteiger partial charge is 0.504 e. The number of phenols is 4. The van der Waals surface area contributed by atoms with Crippen molar-refractivity contribution in [2.75, 3.05) is 14.2 Å². The van der Waals surface area contributed by atoms with Gasteiger partial charge in [0.05, 0.1) is 14.2 Å². The maximum Gasteiger partial charge on any atom is 0.331 e. The van der Waals surface area contributed by atoms with Crippen molar-refractivity contribution in [1.82, 2.24) is 10.6 Å². The minimum atomic E-state index is -0.835. The standard InChI is InChI=1S/C44H50N2O10/c1-25(23-27-5-9-29(53-3)10-6-27)45-35-17-13-31-33(15-19-37(47)41(31)51)43(35)55-39(49)21-22-40(50)56-44-34-16-20-38(48)42(52)32(34)14-18-36(44)46-26(2)24-28-7-11-30(54-4)12-8-28/h5-12,15-16,19-22,25-26,35-36,43-48,51-52H,13-14,17-18,23-24H2,1-4H3/b22-21+. The van der Waals surface area contributed by atoms with Gasteiger partial charge < -0.3 is 50.0 Å². The summed E-state index contributed by atoms with van der Waals surface area (Å²) in [5.74, 6) is -1.08. The van der Waals surface area contributed by atoms with Crippen LogP contribution in [0.3, 0.4) is 0 Å². The molecule has 4 aromatic rings. The molecule has 2 aliphatic rings. The second-order valence-corrected chi connectivity index (χ2v) is 14.6. The number of hydrogen-bond acceptors (Lipinski definition) is 12. The van der Waals surface area contributed by atoms with Crippen LogP contribution in [0.25, 0.3) is 0 Å². The number of rotatable bonds is 14. The number of carbonyl (C=O) groups excluding carboxylic acids is 2. The van der Waals surface area contributed by atoms with E-state index in [4.69, 9.17) is 18.9 Å². The Balaban J connectivity index is 1.16. The van der Waals surface area contributed by atoms with Gasteiger partial charge in [0, 0.05) is 58.6 Å². The molecule has 0 spiro atoms. The molecule has 296 valence electrons. The van der Waals surface area contributed by atoms with Gasteiger partial charge in [-0.15, -0.1) is 0 Å². The van der Waals surface area contributed by atoms with Crippen molar-refractivity contribution in [2.45, 2.75) is 88.7 Å². The van der Waals surface area contributed by atoms with Gasteiger partial charge in [0.15, 0.2) is 23.0 Å². The molecular formula is C44H50N2O10. The molecule has 12 nitrogen and oxygen atoms in total. The SMILES string of the molecule is COc1ccc(CC(C)NC2CCc3c(ccc(O)c3O)C2OC(=O)/C=C/C(=O)OC2c3ccc(O)c(O)c3CCC2NC(C)Cc2ccc(OC)cc2)cc1. The zero-order valence-electron chi connectivity index (χ0n) is 32.0. The van der Waals surface area contributed by atoms with Crippen LogP contribution >= 0.6 is 0 Å². The fourth-order valence-corrected chi connectivity index (χ4v) is 7.85. The Kier molecular flexibility index (Phi) is 12.7. The van der Waals surface area contributed by atoms with Crippen molar-refractivity contribution in [1.29, 1.82) is 0 Å². The van der Waals surface area contributed by atoms with E-state index in [9.17, 15) is 30.0 Å². The summed E-state index contributed by atoms with van der Waals surface area (Å²) in [5, 5.41) is 48.9. The minimum Gasteiger partial charge on any atom is -0.504 e. The Hall–Kier alpha value is -5.72. The highest BCUT2D eigenvalue weighted by molar-refractivity contribution is 5.92. The summed E-state index contributed by atoms with van der Waals surface area (Å²) in [6.07, 6.45) is 3.66. The molecule has 0 heterocycles. The molecule has 0 aliphatic heterocycles. The number of aromatic hydroxyl groups is 4. The van der Waals surface area contributed by atoms with E-state index in [0.29, 0.717) is 60.8 Å². The zero-order valence-corrected chi connectivity index (χ0v) is 32.0. The maximum atomic E-state index is 13.4. The lowest BCUT2D eigenvalue weighted by atomic mass is 9.84. The van der Waals surface area contributed by atoms with Crippen molar-refractivity contribution in [2.24, 2.45) is 0 Å². The normalized spacial score (nSPS) is 20.0. The van der Waals surface area contributed by atoms with Crippen LogP contribution in [0.5, 0.6) is 34.5 Å². The summed E-state index contributed by atoms with van der Waals surface area (Å²) in [7, 11) is 3.24. The molecule has 4 aromatic carbocycles. The van der Waals surface area contributed by atoms with Crippen molar-refractivity contribution in [3.63, 3.8) is 0 Å². The second-order valence-electron chi connectivity index (χ2n) is 14.6. The molecule has 6 atom stereocenters. The van der Waals surface area contributed by atoms with Crippen LogP contribution in [0, 0.1) is 0 Å². The third-order valence-corrected chi connectivity index (χ3v) is 10.6. The first-order chi connectivity index (χ1) is 26.9. The summed E-state index contributed by atoms with van der Waals surface area (Å²) in [5.41, 5.74) is 4.30. The van der Waals surface area contributed by atoms with E-state index < -0.39 is 24.1 Å². The first-order valence-corrected chi connectivity index (χ1v) is 18.9. The number of ether oxygens (including phenoxy) is 4. The minimum absolute atomic E-state index is 0.0208. The molecule has 2 aliphatic carbocycles. The molecule has 6 N–H and O–H groups in total. The van der Waals surface area contributed by atoms with E-state index in [1.165, 1.54) is 12.1 Å². The molecule has 0 saturated heterocycles. The molecule has 0 bridgehead atoms. The van der Waals surface area contributed by atoms with Gasteiger partial charge in [-0.05, 0) is 99.9 Å². The Morgan fingerprint density at radius 2 is 1.00 bits per heavy atom. The number of esters is 2. The third-order valence-electron chi connectivity index (χ3n) is 10.6. The highest BCUT2D eigenvalue weighted by Crippen LogP contribution is 2.43. The lowest BCUT2D eigenvalue weighted by Crippen LogP contribution is -2.45. The number of methoxy groups -OCH3 is 2. The predicted molar refractivity (Wildman–Crippen MR) is 209 cm³/mol. The van der Waals surface area contributed by atoms with E-state index >= 15 is 0 Å². The van der Waals surface area contributed by atoms with Crippen LogP contribution in [0.1, 0.15) is 72.3 Å². The summed E-state index contributed by atoms with van der Waals surface area (Å²) in [4.78, 5) is 26.8. The molecule has 0 radical (unpaired) electrons. The Labute approximate surface area is 326 Å². The summed E-state index contributed by atoms with van der Waals surface area (Å²) >= 11 is 0. The topological polar surface area (TPSA) is 176 Å². The predicted octanol–water partition coefficient (Wildman–Crippen LogP) is 6.02. The van der Waals surface area contributed by atoms with Gasteiger partial charge in [-0.2, -0.15) is 0 Å². The average molecular weight is 767 g/mol. The van der Waals surface area contributed by atoms with E-state index in [-0.39, 0.29) is 47.2 Å². The Morgan fingerprint density at radius 1 is 0.625 bits per heavy atom. The summed E-state index contributed by atoms with van der Waals surface area (Å²) in [6, 6.07) is 20.9. The van der Waals surface area contributed by atoms with Crippen LogP contribution < -0.4 is 20.1 Å². The van der Waals surface area contributed by atoms with E-state index in [1.54, 1.807) is 26.4 Å². The Bertz CT molecular complexity index is 1890. The number of hydrogen-bond donors (Lipinski definition) is 6. The monoisotopic (exact) mass is 766 g/mol. The van der Waals surface area contributed by atoms with E-state index in [0.717, 1.165) is 34.8 Å². The first kappa shape index (κ1) is 40.0. The molecule has 0 amide bonds. The molecule has 56 heavy (non-hydrogen) atoms. The first-order valence-electron chi connectivity index (χ1n) is 18.9. The Morgan fingerprint density at radius 3 is 1.36 bits per heavy atom. The van der Waals surface area contributed by atoms with E-state index in [2.05, 4.69) is 10.6 Å². The van der Waals surface area contributed by atoms with Gasteiger partial charge in [-0.1, -0.05) is 36.4 Å². The number of phenolic OH excluding ortho intramolecular Hbond substituents is 4. The quantitative estimate of drug-likeness (QED) is 0.0501. The van der Waals surface area contributed by atoms with Gasteiger partial charge in [0.1, 0.15) is 23.7 Å². The van der Waals surface area contributed by atoms with Gasteiger partial charge >= 0.3 is 11.9 Å². The lowest BCUT2D eigenvalue weighted by molar-refractivity contribution is -0.148. The second kappa shape index (κ2) is 17.8. The van der Waals surface area contributed by atoms with Gasteiger partial charge in [0.25, 0.3) is 0 Å². The highest BCUT2D eigenvalue weighted by atomic mass is 16.6. The van der Waals surface area contributed by atoms with Crippen LogP contribution in [-0.4, -0.2) is 70.8 Å². The van der Waals surface area contributed by atoms with Crippen LogP contribution in [0.15, 0.2) is 84.9 Å². The third kappa shape index (κ3) is 9.38. The van der Waals surface area contributed by atoms with Gasteiger partial charge in [-0.3, -0.25) is 0 Å². The smallest absolute Gasteiger partial charge is 0.331 e. The highest BCUT2D eigenvalue weighted by Gasteiger charge is 2.37. The molecule has 6 rings (SSSR count). The zero-order chi connectivity index (χ0) is 39.9. The molecule has 6 unspecified atom stereocenters. The van der Waals surface area contributed by atoms with Crippen LogP contribution in [-0.2, 0) is 44.7 Å². The molecule has 12 heteroatoms. The molecular weight excluding hydrogens is 716 g/mol. The fourth-order valence-electron chi connectivity index (χ4n) is 7.85. The lowest BCUT2D eigenvalue weighted by Gasteiger charge is -2.36. The van der Waals surface area contributed by atoms with Crippen molar-refractivity contribution in [3.05, 3.63) is 118 Å². The number of benzene rings is 4. The number of fused-ring (bicyclic) bond motifs is 2. The van der Waals surface area contributed by atoms with Crippen LogP contribution in [0.4, 0.5) is 0 Å². The fraction of sp³-hybridized carbons (Fsp3) is 0.364. The molecule has 0 saturated carbocycles. The summed E-state index contributed by atoms with van der Waals surface area (Å²) < 4.78 is 22.5. The van der Waals surface area contributed by atoms with Gasteiger partial charge in [-0.25, -0.2) is 9.59 Å². The van der Waals surface area contributed by atoms with Crippen molar-refractivity contribution in [3.8, 4) is 34.5 Å².